The highest BCUT2D eigenvalue weighted by Crippen LogP contribution is 2.23. The summed E-state index contributed by atoms with van der Waals surface area (Å²) in [6, 6.07) is 15.5. The van der Waals surface area contributed by atoms with Gasteiger partial charge in [-0.25, -0.2) is 4.98 Å². The molecule has 0 atom stereocenters. The van der Waals surface area contributed by atoms with E-state index in [1.165, 1.54) is 17.3 Å². The number of benzene rings is 1. The zero-order chi connectivity index (χ0) is 20.2. The number of aryl methyl sites for hydroxylation is 2. The predicted molar refractivity (Wildman–Crippen MR) is 115 cm³/mol. The maximum Gasteiger partial charge on any atom is 0.256 e. The van der Waals surface area contributed by atoms with Crippen LogP contribution >= 0.6 is 11.8 Å². The van der Waals surface area contributed by atoms with Crippen LogP contribution in [-0.4, -0.2) is 33.2 Å². The molecule has 148 valence electrons. The summed E-state index contributed by atoms with van der Waals surface area (Å²) in [6.45, 7) is 1.76. The Labute approximate surface area is 174 Å². The van der Waals surface area contributed by atoms with Crippen LogP contribution in [0.15, 0.2) is 70.7 Å². The molecule has 6 heteroatoms. The van der Waals surface area contributed by atoms with Crippen molar-refractivity contribution in [2.45, 2.75) is 31.0 Å². The normalized spacial score (nSPS) is 13.2. The Balaban J connectivity index is 1.54. The first kappa shape index (κ1) is 19.5. The van der Waals surface area contributed by atoms with Gasteiger partial charge in [0.2, 0.25) is 0 Å². The smallest absolute Gasteiger partial charge is 0.256 e. The van der Waals surface area contributed by atoms with Gasteiger partial charge >= 0.3 is 0 Å². The highest BCUT2D eigenvalue weighted by atomic mass is 32.2. The van der Waals surface area contributed by atoms with Gasteiger partial charge in [0.15, 0.2) is 0 Å². The van der Waals surface area contributed by atoms with Crippen LogP contribution in [0.5, 0.6) is 0 Å². The maximum atomic E-state index is 13.1. The number of pyridine rings is 2. The molecule has 0 radical (unpaired) electrons. The van der Waals surface area contributed by atoms with Gasteiger partial charge < -0.3 is 9.47 Å². The van der Waals surface area contributed by atoms with Gasteiger partial charge in [-0.05, 0) is 47.9 Å². The van der Waals surface area contributed by atoms with Crippen LogP contribution < -0.4 is 5.56 Å². The summed E-state index contributed by atoms with van der Waals surface area (Å²) in [5.41, 5.74) is 3.96. The van der Waals surface area contributed by atoms with Gasteiger partial charge in [-0.15, -0.1) is 11.8 Å². The summed E-state index contributed by atoms with van der Waals surface area (Å²) in [5.74, 6) is -0.00450. The second kappa shape index (κ2) is 8.66. The molecule has 4 rings (SSSR count). The number of thioether (sulfide) groups is 1. The topological polar surface area (TPSA) is 55.2 Å². The van der Waals surface area contributed by atoms with E-state index >= 15 is 0 Å². The zero-order valence-corrected chi connectivity index (χ0v) is 17.2. The van der Waals surface area contributed by atoms with Crippen molar-refractivity contribution in [1.82, 2.24) is 14.5 Å². The molecule has 1 aliphatic heterocycles. The number of amides is 1. The minimum absolute atomic E-state index is 0.00450. The van der Waals surface area contributed by atoms with Crippen LogP contribution in [0.4, 0.5) is 0 Å². The molecule has 0 aliphatic carbocycles. The summed E-state index contributed by atoms with van der Waals surface area (Å²) in [7, 11) is 0. The van der Waals surface area contributed by atoms with Crippen molar-refractivity contribution in [1.29, 1.82) is 0 Å². The fraction of sp³-hybridized carbons (Fsp3) is 0.261. The summed E-state index contributed by atoms with van der Waals surface area (Å²) in [5, 5.41) is 0.746. The SMILES string of the molecule is CSc1ncccc1C(=O)N1CCc2cc(=O)n(CCc3ccccc3)cc2C1. The first-order valence-electron chi connectivity index (χ1n) is 9.70. The van der Waals surface area contributed by atoms with E-state index in [1.807, 2.05) is 41.6 Å². The maximum absolute atomic E-state index is 13.1. The van der Waals surface area contributed by atoms with Gasteiger partial charge in [0.1, 0.15) is 5.03 Å². The molecule has 1 aromatic carbocycles. The van der Waals surface area contributed by atoms with Gasteiger partial charge in [-0.3, -0.25) is 9.59 Å². The fourth-order valence-corrected chi connectivity index (χ4v) is 4.24. The number of hydrogen-bond donors (Lipinski definition) is 0. The van der Waals surface area contributed by atoms with Crippen molar-refractivity contribution in [2.75, 3.05) is 12.8 Å². The number of carbonyl (C=O) groups is 1. The van der Waals surface area contributed by atoms with Crippen LogP contribution in [-0.2, 0) is 25.9 Å². The second-order valence-electron chi connectivity index (χ2n) is 7.13. The van der Waals surface area contributed by atoms with E-state index in [0.29, 0.717) is 31.6 Å². The molecule has 3 aromatic rings. The third-order valence-corrected chi connectivity index (χ3v) is 6.00. The lowest BCUT2D eigenvalue weighted by Crippen LogP contribution is -2.37. The summed E-state index contributed by atoms with van der Waals surface area (Å²) in [6.07, 6.45) is 7.06. The quantitative estimate of drug-likeness (QED) is 0.611. The summed E-state index contributed by atoms with van der Waals surface area (Å²) >= 11 is 1.48. The number of fused-ring (bicyclic) bond motifs is 1. The first-order valence-corrected chi connectivity index (χ1v) is 10.9. The Morgan fingerprint density at radius 1 is 1.14 bits per heavy atom. The van der Waals surface area contributed by atoms with Crippen molar-refractivity contribution in [3.63, 3.8) is 0 Å². The lowest BCUT2D eigenvalue weighted by atomic mass is 10.0. The molecule has 29 heavy (non-hydrogen) atoms. The zero-order valence-electron chi connectivity index (χ0n) is 16.4. The largest absolute Gasteiger partial charge is 0.334 e. The van der Waals surface area contributed by atoms with Gasteiger partial charge in [0, 0.05) is 38.1 Å². The third-order valence-electron chi connectivity index (χ3n) is 5.28. The summed E-state index contributed by atoms with van der Waals surface area (Å²) in [4.78, 5) is 31.7. The van der Waals surface area contributed by atoms with Crippen molar-refractivity contribution in [2.24, 2.45) is 0 Å². The summed E-state index contributed by atoms with van der Waals surface area (Å²) < 4.78 is 1.76. The number of rotatable bonds is 5. The van der Waals surface area contributed by atoms with Crippen molar-refractivity contribution in [3.8, 4) is 0 Å². The van der Waals surface area contributed by atoms with Crippen molar-refractivity contribution >= 4 is 17.7 Å². The molecule has 1 aliphatic rings. The van der Waals surface area contributed by atoms with Crippen molar-refractivity contribution < 1.29 is 4.79 Å². The highest BCUT2D eigenvalue weighted by molar-refractivity contribution is 7.98. The molecule has 0 N–H and O–H groups in total. The molecule has 1 amide bonds. The predicted octanol–water partition coefficient (Wildman–Crippen LogP) is 3.41. The van der Waals surface area contributed by atoms with Gasteiger partial charge in [0.25, 0.3) is 11.5 Å². The molecule has 0 saturated carbocycles. The standard InChI is InChI=1S/C23H23N3O2S/c1-29-22-20(8-5-11-24-22)23(28)26-13-10-18-14-21(27)25(15-19(18)16-26)12-9-17-6-3-2-4-7-17/h2-8,11,14-15H,9-10,12-13,16H2,1H3. The molecule has 0 bridgehead atoms. The Hall–Kier alpha value is -2.86. The van der Waals surface area contributed by atoms with Gasteiger partial charge in [-0.2, -0.15) is 0 Å². The second-order valence-corrected chi connectivity index (χ2v) is 7.92. The molecule has 2 aromatic heterocycles. The molecule has 5 nitrogen and oxygen atoms in total. The first-order chi connectivity index (χ1) is 14.2. The minimum Gasteiger partial charge on any atom is -0.334 e. The van der Waals surface area contributed by atoms with E-state index in [2.05, 4.69) is 17.1 Å². The van der Waals surface area contributed by atoms with Crippen LogP contribution in [0.1, 0.15) is 27.0 Å². The Kier molecular flexibility index (Phi) is 5.81. The van der Waals surface area contributed by atoms with E-state index in [-0.39, 0.29) is 11.5 Å². The number of carbonyl (C=O) groups excluding carboxylic acids is 1. The lowest BCUT2D eigenvalue weighted by Gasteiger charge is -2.29. The third kappa shape index (κ3) is 4.27. The Bertz CT molecular complexity index is 1080. The van der Waals surface area contributed by atoms with Gasteiger partial charge in [-0.1, -0.05) is 30.3 Å². The molecule has 0 saturated heterocycles. The molecular formula is C23H23N3O2S. The Morgan fingerprint density at radius 3 is 2.76 bits per heavy atom. The Morgan fingerprint density at radius 2 is 1.97 bits per heavy atom. The van der Waals surface area contributed by atoms with E-state index in [1.54, 1.807) is 22.9 Å². The number of hydrogen-bond acceptors (Lipinski definition) is 4. The van der Waals surface area contributed by atoms with E-state index in [9.17, 15) is 9.59 Å². The average Bonchev–Trinajstić information content (AvgIpc) is 2.77. The fourth-order valence-electron chi connectivity index (χ4n) is 3.70. The van der Waals surface area contributed by atoms with Crippen LogP contribution in [0.3, 0.4) is 0 Å². The number of aromatic nitrogens is 2. The monoisotopic (exact) mass is 405 g/mol. The van der Waals surface area contributed by atoms with Crippen molar-refractivity contribution in [3.05, 3.63) is 93.5 Å². The van der Waals surface area contributed by atoms with E-state index < -0.39 is 0 Å². The van der Waals surface area contributed by atoms with E-state index in [0.717, 1.165) is 22.6 Å². The van der Waals surface area contributed by atoms with Crippen LogP contribution in [0.25, 0.3) is 0 Å². The minimum atomic E-state index is -0.00450. The average molecular weight is 406 g/mol. The number of nitrogens with zero attached hydrogens (tertiary/aromatic N) is 3. The van der Waals surface area contributed by atoms with E-state index in [4.69, 9.17) is 0 Å². The highest BCUT2D eigenvalue weighted by Gasteiger charge is 2.24. The molecule has 0 unspecified atom stereocenters. The molecule has 0 fully saturated rings. The molecule has 0 spiro atoms. The van der Waals surface area contributed by atoms with Crippen LogP contribution in [0, 0.1) is 0 Å². The molecular weight excluding hydrogens is 382 g/mol. The van der Waals surface area contributed by atoms with Gasteiger partial charge in [0.05, 0.1) is 5.56 Å². The lowest BCUT2D eigenvalue weighted by molar-refractivity contribution is 0.0729. The molecule has 3 heterocycles. The van der Waals surface area contributed by atoms with Crippen LogP contribution in [0.2, 0.25) is 0 Å².